The predicted octanol–water partition coefficient (Wildman–Crippen LogP) is 2.39. The Hall–Kier alpha value is -1.21. The molecule has 2 N–H and O–H groups in total. The van der Waals surface area contributed by atoms with E-state index in [1.54, 1.807) is 4.90 Å². The largest absolute Gasteiger partial charge is 0.505 e. The van der Waals surface area contributed by atoms with Crippen molar-refractivity contribution in [3.63, 3.8) is 0 Å². The van der Waals surface area contributed by atoms with E-state index in [9.17, 15) is 14.7 Å². The third kappa shape index (κ3) is 4.31. The van der Waals surface area contributed by atoms with Gasteiger partial charge in [0.1, 0.15) is 11.3 Å². The Morgan fingerprint density at radius 2 is 1.76 bits per heavy atom. The number of phenolic OH excluding ortho intramolecular Hbond substituents is 1. The molecule has 0 unspecified atom stereocenters. The molecule has 1 aliphatic carbocycles. The minimum atomic E-state index is -0.422. The first-order valence-electron chi connectivity index (χ1n) is 8.04. The van der Waals surface area contributed by atoms with Crippen LogP contribution >= 0.6 is 34.8 Å². The lowest BCUT2D eigenvalue weighted by atomic mass is 10.1. The second-order valence-electron chi connectivity index (χ2n) is 6.29. The van der Waals surface area contributed by atoms with E-state index in [0.29, 0.717) is 38.8 Å². The average Bonchev–Trinajstić information content (AvgIpc) is 3.37. The molecular formula is C16H18Cl3N3O3. The van der Waals surface area contributed by atoms with E-state index in [4.69, 9.17) is 34.8 Å². The van der Waals surface area contributed by atoms with Gasteiger partial charge in [0.15, 0.2) is 0 Å². The van der Waals surface area contributed by atoms with Gasteiger partial charge in [0.25, 0.3) is 5.91 Å². The van der Waals surface area contributed by atoms with Crippen LogP contribution in [0.15, 0.2) is 6.07 Å². The van der Waals surface area contributed by atoms with Crippen molar-refractivity contribution in [3.05, 3.63) is 26.7 Å². The Labute approximate surface area is 160 Å². The third-order valence-corrected chi connectivity index (χ3v) is 5.40. The molecule has 0 bridgehead atoms. The van der Waals surface area contributed by atoms with E-state index in [1.165, 1.54) is 6.07 Å². The number of aromatic hydroxyl groups is 1. The van der Waals surface area contributed by atoms with Crippen LogP contribution in [0.3, 0.4) is 0 Å². The topological polar surface area (TPSA) is 72.9 Å². The van der Waals surface area contributed by atoms with E-state index in [1.807, 2.05) is 4.90 Å². The number of nitrogens with one attached hydrogen (secondary N) is 1. The number of benzene rings is 1. The highest BCUT2D eigenvalue weighted by atomic mass is 35.5. The first kappa shape index (κ1) is 18.6. The third-order valence-electron chi connectivity index (χ3n) is 4.33. The van der Waals surface area contributed by atoms with Crippen LogP contribution in [0.1, 0.15) is 23.2 Å². The van der Waals surface area contributed by atoms with Crippen LogP contribution in [0.2, 0.25) is 15.1 Å². The number of carbonyl (C=O) groups excluding carboxylic acids is 2. The highest BCUT2D eigenvalue weighted by Crippen LogP contribution is 2.39. The molecule has 136 valence electrons. The summed E-state index contributed by atoms with van der Waals surface area (Å²) in [4.78, 5) is 28.1. The summed E-state index contributed by atoms with van der Waals surface area (Å²) in [6.45, 7) is 2.31. The van der Waals surface area contributed by atoms with Gasteiger partial charge < -0.3 is 15.3 Å². The maximum Gasteiger partial charge on any atom is 0.259 e. The van der Waals surface area contributed by atoms with Gasteiger partial charge in [-0.05, 0) is 18.9 Å². The fraction of sp³-hybridized carbons (Fsp3) is 0.500. The fourth-order valence-corrected chi connectivity index (χ4v) is 3.44. The number of amides is 2. The highest BCUT2D eigenvalue weighted by Gasteiger charge is 2.29. The van der Waals surface area contributed by atoms with Gasteiger partial charge in [0.2, 0.25) is 5.91 Å². The van der Waals surface area contributed by atoms with Crippen molar-refractivity contribution in [1.82, 2.24) is 15.1 Å². The van der Waals surface area contributed by atoms with Crippen LogP contribution in [0.4, 0.5) is 0 Å². The molecule has 1 aromatic carbocycles. The van der Waals surface area contributed by atoms with Gasteiger partial charge in [0.05, 0.1) is 21.6 Å². The summed E-state index contributed by atoms with van der Waals surface area (Å²) in [5, 5.41) is 13.1. The Kier molecular flexibility index (Phi) is 5.63. The summed E-state index contributed by atoms with van der Waals surface area (Å²) < 4.78 is 0. The second kappa shape index (κ2) is 7.58. The molecule has 1 aliphatic heterocycles. The minimum absolute atomic E-state index is 0.0141. The summed E-state index contributed by atoms with van der Waals surface area (Å²) >= 11 is 17.9. The molecule has 0 atom stereocenters. The second-order valence-corrected chi connectivity index (χ2v) is 7.48. The lowest BCUT2D eigenvalue weighted by Gasteiger charge is -2.34. The van der Waals surface area contributed by atoms with Crippen molar-refractivity contribution in [3.8, 4) is 5.75 Å². The van der Waals surface area contributed by atoms with E-state index in [-0.39, 0.29) is 32.3 Å². The number of nitrogens with zero attached hydrogens (tertiary/aromatic N) is 2. The summed E-state index contributed by atoms with van der Waals surface area (Å²) in [5.41, 5.74) is -0.0842. The number of hydrogen-bond donors (Lipinski definition) is 2. The molecule has 0 aromatic heterocycles. The van der Waals surface area contributed by atoms with Crippen molar-refractivity contribution >= 4 is 46.6 Å². The SMILES string of the molecule is O=C(CN1CCN(C(=O)c2c(O)c(Cl)cc(Cl)c2Cl)CC1)NC1CC1. The molecule has 3 rings (SSSR count). The lowest BCUT2D eigenvalue weighted by Crippen LogP contribution is -2.51. The Morgan fingerprint density at radius 3 is 2.36 bits per heavy atom. The van der Waals surface area contributed by atoms with Crippen LogP contribution in [-0.4, -0.2) is 65.5 Å². The molecule has 1 aromatic rings. The monoisotopic (exact) mass is 405 g/mol. The first-order valence-corrected chi connectivity index (χ1v) is 9.17. The van der Waals surface area contributed by atoms with Crippen LogP contribution in [0, 0.1) is 0 Å². The Balaban J connectivity index is 1.61. The molecule has 0 radical (unpaired) electrons. The summed E-state index contributed by atoms with van der Waals surface area (Å²) in [5.74, 6) is -0.772. The zero-order valence-corrected chi connectivity index (χ0v) is 15.7. The smallest absolute Gasteiger partial charge is 0.259 e. The molecule has 2 amide bonds. The van der Waals surface area contributed by atoms with Crippen LogP contribution in [0.25, 0.3) is 0 Å². The van der Waals surface area contributed by atoms with Gasteiger partial charge >= 0.3 is 0 Å². The fourth-order valence-electron chi connectivity index (χ4n) is 2.75. The number of phenols is 1. The molecular weight excluding hydrogens is 389 g/mol. The summed E-state index contributed by atoms with van der Waals surface area (Å²) in [6.07, 6.45) is 2.11. The van der Waals surface area contributed by atoms with Gasteiger partial charge in [-0.1, -0.05) is 34.8 Å². The van der Waals surface area contributed by atoms with Gasteiger partial charge in [-0.2, -0.15) is 0 Å². The van der Waals surface area contributed by atoms with Gasteiger partial charge in [-0.15, -0.1) is 0 Å². The molecule has 2 aliphatic rings. The molecule has 2 fully saturated rings. The first-order chi connectivity index (χ1) is 11.9. The Morgan fingerprint density at radius 1 is 1.12 bits per heavy atom. The average molecular weight is 407 g/mol. The number of carbonyl (C=O) groups is 2. The molecule has 1 saturated heterocycles. The number of halogens is 3. The minimum Gasteiger partial charge on any atom is -0.505 e. The Bertz CT molecular complexity index is 675. The van der Waals surface area contributed by atoms with E-state index >= 15 is 0 Å². The highest BCUT2D eigenvalue weighted by molar-refractivity contribution is 6.45. The van der Waals surface area contributed by atoms with Crippen molar-refractivity contribution in [2.24, 2.45) is 0 Å². The van der Waals surface area contributed by atoms with Crippen LogP contribution < -0.4 is 5.32 Å². The zero-order valence-electron chi connectivity index (χ0n) is 13.4. The molecule has 6 nitrogen and oxygen atoms in total. The summed E-state index contributed by atoms with van der Waals surface area (Å²) in [6, 6.07) is 1.64. The molecule has 1 heterocycles. The summed E-state index contributed by atoms with van der Waals surface area (Å²) in [7, 11) is 0. The van der Waals surface area contributed by atoms with E-state index in [2.05, 4.69) is 5.32 Å². The van der Waals surface area contributed by atoms with Gasteiger partial charge in [-0.3, -0.25) is 14.5 Å². The lowest BCUT2D eigenvalue weighted by molar-refractivity contribution is -0.122. The van der Waals surface area contributed by atoms with E-state index in [0.717, 1.165) is 12.8 Å². The maximum atomic E-state index is 12.7. The van der Waals surface area contributed by atoms with Crippen molar-refractivity contribution in [1.29, 1.82) is 0 Å². The number of piperazine rings is 1. The van der Waals surface area contributed by atoms with Crippen LogP contribution in [-0.2, 0) is 4.79 Å². The number of hydrogen-bond acceptors (Lipinski definition) is 4. The molecule has 0 spiro atoms. The zero-order chi connectivity index (χ0) is 18.1. The van der Waals surface area contributed by atoms with Crippen molar-refractivity contribution < 1.29 is 14.7 Å². The van der Waals surface area contributed by atoms with Crippen LogP contribution in [0.5, 0.6) is 5.75 Å². The standard InChI is InChI=1S/C16H18Cl3N3O3/c17-10-7-11(18)15(24)13(14(10)19)16(25)22-5-3-21(4-6-22)8-12(23)20-9-1-2-9/h7,9,24H,1-6,8H2,(H,20,23). The maximum absolute atomic E-state index is 12.7. The number of rotatable bonds is 4. The van der Waals surface area contributed by atoms with Gasteiger partial charge in [0, 0.05) is 32.2 Å². The van der Waals surface area contributed by atoms with Crippen molar-refractivity contribution in [2.45, 2.75) is 18.9 Å². The predicted molar refractivity (Wildman–Crippen MR) is 96.6 cm³/mol. The molecule has 1 saturated carbocycles. The molecule has 9 heteroatoms. The quantitative estimate of drug-likeness (QED) is 0.753. The van der Waals surface area contributed by atoms with Crippen molar-refractivity contribution in [2.75, 3.05) is 32.7 Å². The molecule has 25 heavy (non-hydrogen) atoms. The van der Waals surface area contributed by atoms with Gasteiger partial charge in [-0.25, -0.2) is 0 Å². The normalized spacial score (nSPS) is 18.3. The van der Waals surface area contributed by atoms with E-state index < -0.39 is 5.91 Å².